The molecule has 0 fully saturated rings. The highest BCUT2D eigenvalue weighted by molar-refractivity contribution is 7.92. The minimum absolute atomic E-state index is 0.0838. The first kappa shape index (κ1) is 32.5. The van der Waals surface area contributed by atoms with E-state index >= 15 is 0 Å². The van der Waals surface area contributed by atoms with Gasteiger partial charge in [-0.2, -0.15) is 0 Å². The Morgan fingerprint density at radius 3 is 2.09 bits per heavy atom. The van der Waals surface area contributed by atoms with Gasteiger partial charge in [0.1, 0.15) is 12.6 Å². The zero-order valence-corrected chi connectivity index (χ0v) is 26.7. The summed E-state index contributed by atoms with van der Waals surface area (Å²) in [5.41, 5.74) is 4.85. The fraction of sp³-hybridized carbons (Fsp3) is 0.278. The molecule has 0 radical (unpaired) electrons. The molecule has 0 aliphatic heterocycles. The van der Waals surface area contributed by atoms with Gasteiger partial charge in [-0.1, -0.05) is 97.4 Å². The number of aryl methyl sites for hydroxylation is 2. The molecule has 0 spiro atoms. The number of hydrogen-bond donors (Lipinski definition) is 1. The molecule has 0 heterocycles. The highest BCUT2D eigenvalue weighted by Gasteiger charge is 2.35. The van der Waals surface area contributed by atoms with Crippen LogP contribution >= 0.6 is 0 Å². The van der Waals surface area contributed by atoms with E-state index in [0.717, 1.165) is 34.2 Å². The van der Waals surface area contributed by atoms with Gasteiger partial charge in [0.2, 0.25) is 11.8 Å². The summed E-state index contributed by atoms with van der Waals surface area (Å²) in [6.07, 6.45) is 1.02. The average Bonchev–Trinajstić information content (AvgIpc) is 3.02. The Bertz CT molecular complexity index is 1670. The number of rotatable bonds is 13. The second kappa shape index (κ2) is 14.8. The molecular formula is C36H41N3O4S. The van der Waals surface area contributed by atoms with Crippen molar-refractivity contribution in [1.29, 1.82) is 0 Å². The molecule has 8 heteroatoms. The number of hydrogen-bond acceptors (Lipinski definition) is 4. The summed E-state index contributed by atoms with van der Waals surface area (Å²) in [6, 6.07) is 30.0. The number of anilines is 1. The van der Waals surface area contributed by atoms with Crippen LogP contribution in [0.1, 0.15) is 41.2 Å². The number of carbonyl (C=O) groups is 2. The Morgan fingerprint density at radius 2 is 1.43 bits per heavy atom. The minimum atomic E-state index is -4.14. The first-order valence-electron chi connectivity index (χ1n) is 14.9. The molecule has 0 saturated carbocycles. The van der Waals surface area contributed by atoms with Crippen molar-refractivity contribution in [3.8, 4) is 0 Å². The van der Waals surface area contributed by atoms with Crippen LogP contribution in [0.25, 0.3) is 0 Å². The summed E-state index contributed by atoms with van der Waals surface area (Å²) >= 11 is 0. The molecule has 0 unspecified atom stereocenters. The summed E-state index contributed by atoms with van der Waals surface area (Å²) in [5.74, 6) is -0.750. The van der Waals surface area contributed by atoms with E-state index in [1.54, 1.807) is 30.3 Å². The summed E-state index contributed by atoms with van der Waals surface area (Å²) in [5, 5.41) is 2.98. The predicted molar refractivity (Wildman–Crippen MR) is 176 cm³/mol. The van der Waals surface area contributed by atoms with Gasteiger partial charge in [-0.05, 0) is 67.6 Å². The topological polar surface area (TPSA) is 86.8 Å². The van der Waals surface area contributed by atoms with Crippen molar-refractivity contribution < 1.29 is 18.0 Å². The maximum atomic E-state index is 14.5. The van der Waals surface area contributed by atoms with Crippen molar-refractivity contribution in [2.24, 2.45) is 0 Å². The molecule has 2 amide bonds. The van der Waals surface area contributed by atoms with Crippen molar-refractivity contribution in [3.63, 3.8) is 0 Å². The number of nitrogens with zero attached hydrogens (tertiary/aromatic N) is 2. The third kappa shape index (κ3) is 7.94. The summed E-state index contributed by atoms with van der Waals surface area (Å²) in [6.45, 7) is 7.84. The molecule has 1 N–H and O–H groups in total. The molecule has 4 aromatic rings. The van der Waals surface area contributed by atoms with Gasteiger partial charge in [0, 0.05) is 19.5 Å². The van der Waals surface area contributed by atoms with Crippen molar-refractivity contribution in [3.05, 3.63) is 131 Å². The van der Waals surface area contributed by atoms with Gasteiger partial charge in [0.15, 0.2) is 0 Å². The van der Waals surface area contributed by atoms with Gasteiger partial charge >= 0.3 is 0 Å². The first-order valence-corrected chi connectivity index (χ1v) is 16.4. The minimum Gasteiger partial charge on any atom is -0.354 e. The van der Waals surface area contributed by atoms with Gasteiger partial charge in [-0.25, -0.2) is 8.42 Å². The van der Waals surface area contributed by atoms with E-state index in [2.05, 4.69) is 5.32 Å². The van der Waals surface area contributed by atoms with E-state index in [-0.39, 0.29) is 23.8 Å². The van der Waals surface area contributed by atoms with Gasteiger partial charge in [-0.15, -0.1) is 0 Å². The number of carbonyl (C=O) groups excluding carboxylic acids is 2. The molecule has 0 aliphatic carbocycles. The Balaban J connectivity index is 1.82. The Labute approximate surface area is 261 Å². The highest BCUT2D eigenvalue weighted by Crippen LogP contribution is 2.29. The zero-order valence-electron chi connectivity index (χ0n) is 25.9. The Hall–Kier alpha value is -4.43. The van der Waals surface area contributed by atoms with Crippen LogP contribution in [0, 0.1) is 20.8 Å². The van der Waals surface area contributed by atoms with Gasteiger partial charge in [0.05, 0.1) is 10.6 Å². The molecule has 4 aromatic carbocycles. The molecule has 4 rings (SSSR count). The fourth-order valence-corrected chi connectivity index (χ4v) is 6.66. The van der Waals surface area contributed by atoms with E-state index in [0.29, 0.717) is 12.2 Å². The average molecular weight is 612 g/mol. The van der Waals surface area contributed by atoms with Crippen LogP contribution in [0.15, 0.2) is 108 Å². The van der Waals surface area contributed by atoms with Gasteiger partial charge in [-0.3, -0.25) is 13.9 Å². The van der Waals surface area contributed by atoms with Crippen molar-refractivity contribution in [1.82, 2.24) is 10.2 Å². The number of sulfonamides is 1. The van der Waals surface area contributed by atoms with Crippen LogP contribution in [-0.2, 0) is 32.6 Å². The number of benzene rings is 4. The van der Waals surface area contributed by atoms with Crippen LogP contribution in [0.4, 0.5) is 5.69 Å². The highest BCUT2D eigenvalue weighted by atomic mass is 32.2. The van der Waals surface area contributed by atoms with Crippen LogP contribution in [0.5, 0.6) is 0 Å². The molecular weight excluding hydrogens is 570 g/mol. The molecule has 0 aromatic heterocycles. The summed E-state index contributed by atoms with van der Waals surface area (Å²) in [4.78, 5) is 29.9. The van der Waals surface area contributed by atoms with Crippen molar-refractivity contribution in [2.45, 2.75) is 58.0 Å². The van der Waals surface area contributed by atoms with Crippen molar-refractivity contribution >= 4 is 27.5 Å². The Kier molecular flexibility index (Phi) is 11.0. The molecule has 1 atom stereocenters. The van der Waals surface area contributed by atoms with E-state index in [1.165, 1.54) is 21.3 Å². The van der Waals surface area contributed by atoms with E-state index in [1.807, 2.05) is 88.4 Å². The predicted octanol–water partition coefficient (Wildman–Crippen LogP) is 5.97. The summed E-state index contributed by atoms with van der Waals surface area (Å²) in [7, 11) is -4.14. The third-order valence-corrected chi connectivity index (χ3v) is 9.48. The van der Waals surface area contributed by atoms with Crippen LogP contribution in [-0.4, -0.2) is 44.3 Å². The molecule has 0 aliphatic rings. The lowest BCUT2D eigenvalue weighted by atomic mass is 10.0. The second-order valence-corrected chi connectivity index (χ2v) is 12.9. The van der Waals surface area contributed by atoms with Crippen LogP contribution < -0.4 is 9.62 Å². The molecule has 44 heavy (non-hydrogen) atoms. The normalized spacial score (nSPS) is 11.9. The monoisotopic (exact) mass is 611 g/mol. The van der Waals surface area contributed by atoms with E-state index in [9.17, 15) is 18.0 Å². The molecule has 0 saturated heterocycles. The SMILES string of the molecule is CCCNC(=O)[C@H](Cc1ccccc1)N(Cc1cccc(C)c1)C(=O)CN(c1cccc(C)c1C)S(=O)(=O)c1ccccc1. The van der Waals surface area contributed by atoms with Gasteiger partial charge < -0.3 is 10.2 Å². The molecule has 7 nitrogen and oxygen atoms in total. The third-order valence-electron chi connectivity index (χ3n) is 7.71. The molecule has 0 bridgehead atoms. The van der Waals surface area contributed by atoms with E-state index < -0.39 is 28.5 Å². The maximum absolute atomic E-state index is 14.5. The first-order chi connectivity index (χ1) is 21.1. The van der Waals surface area contributed by atoms with Crippen molar-refractivity contribution in [2.75, 3.05) is 17.4 Å². The lowest BCUT2D eigenvalue weighted by Gasteiger charge is -2.34. The fourth-order valence-electron chi connectivity index (χ4n) is 5.17. The quantitative estimate of drug-likeness (QED) is 0.202. The lowest BCUT2D eigenvalue weighted by molar-refractivity contribution is -0.140. The number of nitrogens with one attached hydrogen (secondary N) is 1. The van der Waals surface area contributed by atoms with Crippen LogP contribution in [0.2, 0.25) is 0 Å². The lowest BCUT2D eigenvalue weighted by Crippen LogP contribution is -2.53. The van der Waals surface area contributed by atoms with Gasteiger partial charge in [0.25, 0.3) is 10.0 Å². The second-order valence-electron chi connectivity index (χ2n) is 11.1. The standard InChI is InChI=1S/C36H41N3O4S/c1-5-22-37-36(41)34(24-30-16-8-6-9-17-30)38(25-31-18-12-14-27(2)23-31)35(40)26-39(33-21-13-15-28(3)29(33)4)44(42,43)32-19-10-7-11-20-32/h6-21,23,34H,5,22,24-26H2,1-4H3,(H,37,41)/t34-/m0/s1. The smallest absolute Gasteiger partial charge is 0.264 e. The molecule has 230 valence electrons. The van der Waals surface area contributed by atoms with Crippen LogP contribution in [0.3, 0.4) is 0 Å². The summed E-state index contributed by atoms with van der Waals surface area (Å²) < 4.78 is 29.5. The maximum Gasteiger partial charge on any atom is 0.264 e. The Morgan fingerprint density at radius 1 is 0.795 bits per heavy atom. The number of amides is 2. The largest absolute Gasteiger partial charge is 0.354 e. The van der Waals surface area contributed by atoms with E-state index in [4.69, 9.17) is 0 Å². The zero-order chi connectivity index (χ0) is 31.7.